The number of aromatic nitrogens is 2. The number of benzene rings is 2. The fraction of sp³-hybridized carbons (Fsp3) is 0.308. The number of hydrogen-bond donors (Lipinski definition) is 1. The highest BCUT2D eigenvalue weighted by atomic mass is 19.4. The number of halogens is 6. The van der Waals surface area contributed by atoms with Crippen LogP contribution in [0.1, 0.15) is 21.7 Å². The minimum absolute atomic E-state index is 0.0383. The number of alkyl halides is 6. The number of carbonyl (C=O) groups excluding carboxylic acids is 2. The number of amides is 1. The van der Waals surface area contributed by atoms with E-state index in [2.05, 4.69) is 20.0 Å². The van der Waals surface area contributed by atoms with Gasteiger partial charge in [-0.05, 0) is 29.3 Å². The van der Waals surface area contributed by atoms with Gasteiger partial charge in [-0.2, -0.15) is 13.2 Å². The van der Waals surface area contributed by atoms with Crippen molar-refractivity contribution >= 4 is 17.4 Å². The Morgan fingerprint density at radius 1 is 0.925 bits per heavy atom. The van der Waals surface area contributed by atoms with Gasteiger partial charge in [-0.3, -0.25) is 14.5 Å². The molecule has 1 fully saturated rings. The first-order valence-corrected chi connectivity index (χ1v) is 11.9. The normalized spacial score (nSPS) is 14.6. The molecule has 3 aromatic rings. The Balaban J connectivity index is 1.46. The van der Waals surface area contributed by atoms with E-state index >= 15 is 0 Å². The van der Waals surface area contributed by atoms with Crippen LogP contribution in [0.15, 0.2) is 54.9 Å². The van der Waals surface area contributed by atoms with Crippen molar-refractivity contribution in [3.8, 4) is 16.9 Å². The van der Waals surface area contributed by atoms with Gasteiger partial charge in [-0.25, -0.2) is 9.97 Å². The van der Waals surface area contributed by atoms with E-state index in [1.807, 2.05) is 0 Å². The van der Waals surface area contributed by atoms with E-state index < -0.39 is 35.8 Å². The van der Waals surface area contributed by atoms with Crippen molar-refractivity contribution in [3.63, 3.8) is 0 Å². The topological polar surface area (TPSA) is 93.7 Å². The molecule has 14 heteroatoms. The van der Waals surface area contributed by atoms with Gasteiger partial charge in [0, 0.05) is 43.0 Å². The molecule has 1 aliphatic rings. The molecule has 1 aromatic heterocycles. The summed E-state index contributed by atoms with van der Waals surface area (Å²) in [5, 5.41) is 2.40. The molecule has 0 unspecified atom stereocenters. The number of anilines is 1. The van der Waals surface area contributed by atoms with Crippen LogP contribution in [0.25, 0.3) is 11.1 Å². The minimum Gasteiger partial charge on any atom is -0.404 e. The summed E-state index contributed by atoms with van der Waals surface area (Å²) in [6.07, 6.45) is -7.74. The van der Waals surface area contributed by atoms with E-state index in [9.17, 15) is 35.9 Å². The van der Waals surface area contributed by atoms with Gasteiger partial charge in [0.25, 0.3) is 0 Å². The molecule has 1 N–H and O–H groups in total. The van der Waals surface area contributed by atoms with Crippen molar-refractivity contribution in [2.75, 3.05) is 38.2 Å². The number of nitrogens with zero attached hydrogens (tertiary/aromatic N) is 3. The second kappa shape index (κ2) is 12.0. The Morgan fingerprint density at radius 3 is 2.17 bits per heavy atom. The van der Waals surface area contributed by atoms with Gasteiger partial charge in [-0.1, -0.05) is 24.3 Å². The molecule has 1 saturated heterocycles. The zero-order valence-corrected chi connectivity index (χ0v) is 20.7. The third kappa shape index (κ3) is 7.99. The van der Waals surface area contributed by atoms with Crippen LogP contribution in [0.2, 0.25) is 0 Å². The molecule has 2 heterocycles. The van der Waals surface area contributed by atoms with Crippen LogP contribution in [0.3, 0.4) is 0 Å². The van der Waals surface area contributed by atoms with E-state index in [0.29, 0.717) is 43.0 Å². The van der Waals surface area contributed by atoms with Gasteiger partial charge in [0.15, 0.2) is 11.5 Å². The monoisotopic (exact) mass is 568 g/mol. The molecule has 4 rings (SSSR count). The second-order valence-electron chi connectivity index (χ2n) is 8.79. The lowest BCUT2D eigenvalue weighted by Gasteiger charge is -2.26. The molecular weight excluding hydrogens is 546 g/mol. The highest BCUT2D eigenvalue weighted by Crippen LogP contribution is 2.32. The van der Waals surface area contributed by atoms with Gasteiger partial charge < -0.3 is 14.8 Å². The fourth-order valence-corrected chi connectivity index (χ4v) is 3.89. The van der Waals surface area contributed by atoms with E-state index in [0.717, 1.165) is 30.6 Å². The average Bonchev–Trinajstić information content (AvgIpc) is 2.89. The first-order valence-electron chi connectivity index (χ1n) is 11.9. The maximum Gasteiger partial charge on any atom is 0.573 e. The molecule has 212 valence electrons. The Labute approximate surface area is 223 Å². The average molecular weight is 568 g/mol. The van der Waals surface area contributed by atoms with Crippen LogP contribution in [0, 0.1) is 0 Å². The number of morpholine rings is 1. The molecule has 8 nitrogen and oxygen atoms in total. The number of ether oxygens (including phenoxy) is 2. The summed E-state index contributed by atoms with van der Waals surface area (Å²) >= 11 is 0. The quantitative estimate of drug-likeness (QED) is 0.310. The third-order valence-corrected chi connectivity index (χ3v) is 5.83. The highest BCUT2D eigenvalue weighted by Gasteiger charge is 2.34. The van der Waals surface area contributed by atoms with Crippen LogP contribution in [-0.4, -0.2) is 65.8 Å². The smallest absolute Gasteiger partial charge is 0.404 e. The predicted octanol–water partition coefficient (Wildman–Crippen LogP) is 4.76. The molecule has 0 saturated carbocycles. The molecule has 0 radical (unpaired) electrons. The summed E-state index contributed by atoms with van der Waals surface area (Å²) in [5.41, 5.74) is 1.12. The standard InChI is InChI=1S/C26H22F6N4O4/c27-25(28,29)24-33-13-19(14-34-24)17-3-1-16(2-4-17)11-21(37)18-5-6-22(40-26(30,31)32)20(12-18)35-23(38)15-36-7-9-39-10-8-36/h1-6,12-14H,7-11,15H2,(H,35,38). The first-order chi connectivity index (χ1) is 18.9. The minimum atomic E-state index is -5.02. The number of nitrogens with one attached hydrogen (secondary N) is 1. The second-order valence-corrected chi connectivity index (χ2v) is 8.79. The summed E-state index contributed by atoms with van der Waals surface area (Å²) in [7, 11) is 0. The third-order valence-electron chi connectivity index (χ3n) is 5.83. The number of Topliss-reactive ketones (excluding diaryl/α,β-unsaturated/α-hetero) is 1. The van der Waals surface area contributed by atoms with E-state index in [1.54, 1.807) is 29.2 Å². The maximum atomic E-state index is 12.9. The Bertz CT molecular complexity index is 1340. The lowest BCUT2D eigenvalue weighted by atomic mass is 10.00. The van der Waals surface area contributed by atoms with Crippen molar-refractivity contribution in [3.05, 3.63) is 71.8 Å². The number of carbonyl (C=O) groups is 2. The lowest BCUT2D eigenvalue weighted by Crippen LogP contribution is -2.41. The van der Waals surface area contributed by atoms with Gasteiger partial charge in [-0.15, -0.1) is 13.2 Å². The SMILES string of the molecule is O=C(CN1CCOCC1)Nc1cc(C(=O)Cc2ccc(-c3cnc(C(F)(F)F)nc3)cc2)ccc1OC(F)(F)F. The maximum absolute atomic E-state index is 12.9. The van der Waals surface area contributed by atoms with Crippen molar-refractivity contribution in [1.29, 1.82) is 0 Å². The summed E-state index contributed by atoms with van der Waals surface area (Å²) in [5.74, 6) is -2.96. The van der Waals surface area contributed by atoms with Crippen LogP contribution >= 0.6 is 0 Å². The Hall–Kier alpha value is -4.04. The van der Waals surface area contributed by atoms with Gasteiger partial charge in [0.2, 0.25) is 11.7 Å². The van der Waals surface area contributed by atoms with Gasteiger partial charge in [0.1, 0.15) is 0 Å². The Morgan fingerprint density at radius 2 is 1.57 bits per heavy atom. The van der Waals surface area contributed by atoms with Gasteiger partial charge in [0.05, 0.1) is 25.4 Å². The number of ketones is 1. The number of rotatable bonds is 8. The highest BCUT2D eigenvalue weighted by molar-refractivity contribution is 6.00. The summed E-state index contributed by atoms with van der Waals surface area (Å²) < 4.78 is 86.0. The molecular formula is C26H22F6N4O4. The van der Waals surface area contributed by atoms with E-state index in [4.69, 9.17) is 4.74 Å². The first kappa shape index (κ1) is 29.0. The summed E-state index contributed by atoms with van der Waals surface area (Å²) in [4.78, 5) is 33.8. The molecule has 0 atom stereocenters. The van der Waals surface area contributed by atoms with Crippen LogP contribution < -0.4 is 10.1 Å². The summed E-state index contributed by atoms with van der Waals surface area (Å²) in [6.45, 7) is 1.76. The van der Waals surface area contributed by atoms with Crippen LogP contribution in [0.4, 0.5) is 32.0 Å². The molecule has 1 aliphatic heterocycles. The summed E-state index contributed by atoms with van der Waals surface area (Å²) in [6, 6.07) is 9.55. The molecule has 40 heavy (non-hydrogen) atoms. The molecule has 0 aliphatic carbocycles. The molecule has 0 spiro atoms. The zero-order valence-electron chi connectivity index (χ0n) is 20.7. The van der Waals surface area contributed by atoms with Gasteiger partial charge >= 0.3 is 12.5 Å². The zero-order chi connectivity index (χ0) is 28.9. The van der Waals surface area contributed by atoms with E-state index in [-0.39, 0.29) is 24.2 Å². The van der Waals surface area contributed by atoms with Crippen LogP contribution in [0.5, 0.6) is 5.75 Å². The van der Waals surface area contributed by atoms with E-state index in [1.165, 1.54) is 0 Å². The van der Waals surface area contributed by atoms with Crippen LogP contribution in [-0.2, 0) is 22.1 Å². The molecule has 2 aromatic carbocycles. The van der Waals surface area contributed by atoms with Crippen molar-refractivity contribution in [1.82, 2.24) is 14.9 Å². The number of hydrogen-bond acceptors (Lipinski definition) is 7. The fourth-order valence-electron chi connectivity index (χ4n) is 3.89. The lowest BCUT2D eigenvalue weighted by molar-refractivity contribution is -0.274. The van der Waals surface area contributed by atoms with Crippen molar-refractivity contribution < 1.29 is 45.4 Å². The van der Waals surface area contributed by atoms with Crippen molar-refractivity contribution in [2.45, 2.75) is 19.0 Å². The largest absolute Gasteiger partial charge is 0.573 e. The molecule has 1 amide bonds. The Kier molecular flexibility index (Phi) is 8.69. The van der Waals surface area contributed by atoms with Crippen molar-refractivity contribution in [2.24, 2.45) is 0 Å². The molecule has 0 bridgehead atoms. The predicted molar refractivity (Wildman–Crippen MR) is 130 cm³/mol.